The molecule has 1 aliphatic heterocycles. The van der Waals surface area contributed by atoms with Crippen molar-refractivity contribution in [3.8, 4) is 0 Å². The van der Waals surface area contributed by atoms with Crippen molar-refractivity contribution in [1.29, 1.82) is 0 Å². The van der Waals surface area contributed by atoms with Crippen LogP contribution < -0.4 is 5.32 Å². The Labute approximate surface area is 387 Å². The standard InChI is InChI=1S/C54H101NO8/c1-3-5-7-9-11-13-15-17-19-20-21-22-23-24-25-26-27-28-29-30-32-34-36-38-40-42-44-50(58)55-47(46-62-54-53(61)52(60)51(59)49(45-56)63-54)48(57)43-41-39-37-35-33-31-18-16-14-12-10-8-6-4-2/h24-25,33,35,41,43,47-49,51-54,56-57,59-61H,3-23,26-32,34,36-40,42,44-46H2,1-2H3,(H,55,58)/b25-24-,35-33+,43-41+. The third-order valence-electron chi connectivity index (χ3n) is 12.7. The van der Waals surface area contributed by atoms with Gasteiger partial charge in [0.2, 0.25) is 5.91 Å². The first kappa shape index (κ1) is 59.4. The number of aliphatic hydroxyl groups is 5. The smallest absolute Gasteiger partial charge is 0.220 e. The third kappa shape index (κ3) is 34.4. The molecule has 0 bridgehead atoms. The predicted octanol–water partition coefficient (Wildman–Crippen LogP) is 12.4. The summed E-state index contributed by atoms with van der Waals surface area (Å²) < 4.78 is 11.2. The van der Waals surface area contributed by atoms with Gasteiger partial charge in [-0.1, -0.05) is 217 Å². The second kappa shape index (κ2) is 44.3. The molecule has 0 radical (unpaired) electrons. The molecule has 1 aliphatic rings. The quantitative estimate of drug-likeness (QED) is 0.0261. The van der Waals surface area contributed by atoms with Crippen molar-refractivity contribution < 1.29 is 39.8 Å². The number of aliphatic hydroxyl groups excluding tert-OH is 5. The number of carbonyl (C=O) groups is 1. The number of rotatable bonds is 45. The second-order valence-corrected chi connectivity index (χ2v) is 18.7. The number of ether oxygens (including phenoxy) is 2. The van der Waals surface area contributed by atoms with Crippen molar-refractivity contribution in [3.05, 3.63) is 36.5 Å². The highest BCUT2D eigenvalue weighted by molar-refractivity contribution is 5.76. The molecular weight excluding hydrogens is 791 g/mol. The molecule has 0 spiro atoms. The van der Waals surface area contributed by atoms with Crippen LogP contribution in [0.4, 0.5) is 0 Å². The molecule has 0 saturated carbocycles. The molecule has 7 unspecified atom stereocenters. The highest BCUT2D eigenvalue weighted by atomic mass is 16.7. The van der Waals surface area contributed by atoms with E-state index in [4.69, 9.17) is 9.47 Å². The van der Waals surface area contributed by atoms with Crippen molar-refractivity contribution in [1.82, 2.24) is 5.32 Å². The van der Waals surface area contributed by atoms with Crippen LogP contribution in [-0.4, -0.2) is 87.5 Å². The summed E-state index contributed by atoms with van der Waals surface area (Å²) >= 11 is 0. The number of nitrogens with one attached hydrogen (secondary N) is 1. The third-order valence-corrected chi connectivity index (χ3v) is 12.7. The number of unbranched alkanes of at least 4 members (excludes halogenated alkanes) is 31. The highest BCUT2D eigenvalue weighted by Crippen LogP contribution is 2.23. The number of hydrogen-bond acceptors (Lipinski definition) is 8. The number of hydrogen-bond donors (Lipinski definition) is 6. The van der Waals surface area contributed by atoms with Gasteiger partial charge in [0.15, 0.2) is 6.29 Å². The summed E-state index contributed by atoms with van der Waals surface area (Å²) in [5.41, 5.74) is 0. The van der Waals surface area contributed by atoms with Crippen molar-refractivity contribution in [2.75, 3.05) is 13.2 Å². The van der Waals surface area contributed by atoms with Gasteiger partial charge in [0.25, 0.3) is 0 Å². The van der Waals surface area contributed by atoms with Gasteiger partial charge in [0, 0.05) is 6.42 Å². The van der Waals surface area contributed by atoms with Crippen LogP contribution in [0.5, 0.6) is 0 Å². The molecule has 0 aromatic rings. The molecular formula is C54H101NO8. The van der Waals surface area contributed by atoms with Crippen LogP contribution in [0.25, 0.3) is 0 Å². The average molecular weight is 892 g/mol. The fraction of sp³-hybridized carbons (Fsp3) is 0.870. The van der Waals surface area contributed by atoms with E-state index in [-0.39, 0.29) is 12.5 Å². The van der Waals surface area contributed by atoms with Crippen LogP contribution in [0, 0.1) is 0 Å². The van der Waals surface area contributed by atoms with Crippen LogP contribution in [0.1, 0.15) is 245 Å². The van der Waals surface area contributed by atoms with Crippen molar-refractivity contribution in [2.24, 2.45) is 0 Å². The SMILES string of the molecule is CCCCCCCCCC/C=C/CC/C=C/C(O)C(COC1OC(CO)C(O)C(O)C1O)NC(=O)CCCCCCCCCCCC/C=C\CCCCCCCCCCCCCC. The van der Waals surface area contributed by atoms with Crippen LogP contribution >= 0.6 is 0 Å². The number of amides is 1. The van der Waals surface area contributed by atoms with Crippen molar-refractivity contribution in [3.63, 3.8) is 0 Å². The lowest BCUT2D eigenvalue weighted by Crippen LogP contribution is -2.60. The van der Waals surface area contributed by atoms with E-state index in [9.17, 15) is 30.3 Å². The fourth-order valence-electron chi connectivity index (χ4n) is 8.40. The van der Waals surface area contributed by atoms with Gasteiger partial charge >= 0.3 is 0 Å². The van der Waals surface area contributed by atoms with Gasteiger partial charge in [-0.05, 0) is 57.8 Å². The zero-order valence-corrected chi connectivity index (χ0v) is 40.8. The molecule has 9 heteroatoms. The summed E-state index contributed by atoms with van der Waals surface area (Å²) in [5.74, 6) is -0.187. The summed E-state index contributed by atoms with van der Waals surface area (Å²) in [5, 5.41) is 54.3. The maximum Gasteiger partial charge on any atom is 0.220 e. The first-order valence-electron chi connectivity index (χ1n) is 26.7. The molecule has 7 atom stereocenters. The molecule has 1 amide bonds. The molecule has 1 fully saturated rings. The molecule has 370 valence electrons. The normalized spacial score (nSPS) is 20.4. The molecule has 1 rings (SSSR count). The molecule has 9 nitrogen and oxygen atoms in total. The topological polar surface area (TPSA) is 149 Å². The zero-order valence-electron chi connectivity index (χ0n) is 40.8. The minimum absolute atomic E-state index is 0.187. The first-order chi connectivity index (χ1) is 30.8. The second-order valence-electron chi connectivity index (χ2n) is 18.7. The minimum atomic E-state index is -1.57. The maximum atomic E-state index is 13.0. The fourth-order valence-corrected chi connectivity index (χ4v) is 8.40. The highest BCUT2D eigenvalue weighted by Gasteiger charge is 2.44. The van der Waals surface area contributed by atoms with E-state index >= 15 is 0 Å². The summed E-state index contributed by atoms with van der Waals surface area (Å²) in [4.78, 5) is 13.0. The Morgan fingerprint density at radius 1 is 0.524 bits per heavy atom. The lowest BCUT2D eigenvalue weighted by molar-refractivity contribution is -0.302. The van der Waals surface area contributed by atoms with Gasteiger partial charge in [-0.15, -0.1) is 0 Å². The lowest BCUT2D eigenvalue weighted by Gasteiger charge is -2.40. The maximum absolute atomic E-state index is 13.0. The van der Waals surface area contributed by atoms with Gasteiger partial charge in [-0.2, -0.15) is 0 Å². The molecule has 0 aromatic carbocycles. The van der Waals surface area contributed by atoms with Gasteiger partial charge < -0.3 is 40.3 Å². The van der Waals surface area contributed by atoms with Crippen LogP contribution in [0.2, 0.25) is 0 Å². The number of carbonyl (C=O) groups excluding carboxylic acids is 1. The van der Waals surface area contributed by atoms with Gasteiger partial charge in [-0.25, -0.2) is 0 Å². The van der Waals surface area contributed by atoms with Crippen LogP contribution in [0.3, 0.4) is 0 Å². The minimum Gasteiger partial charge on any atom is -0.394 e. The largest absolute Gasteiger partial charge is 0.394 e. The van der Waals surface area contributed by atoms with E-state index in [2.05, 4.69) is 43.5 Å². The first-order valence-corrected chi connectivity index (χ1v) is 26.7. The molecule has 63 heavy (non-hydrogen) atoms. The molecule has 6 N–H and O–H groups in total. The Morgan fingerprint density at radius 3 is 1.33 bits per heavy atom. The van der Waals surface area contributed by atoms with Gasteiger partial charge in [0.05, 0.1) is 25.4 Å². The average Bonchev–Trinajstić information content (AvgIpc) is 3.28. The molecule has 1 saturated heterocycles. The molecule has 0 aliphatic carbocycles. The summed E-state index contributed by atoms with van der Waals surface area (Å²) in [6.07, 6.45) is 49.2. The Balaban J connectivity index is 2.23. The summed E-state index contributed by atoms with van der Waals surface area (Å²) in [6.45, 7) is 3.77. The summed E-state index contributed by atoms with van der Waals surface area (Å²) in [7, 11) is 0. The lowest BCUT2D eigenvalue weighted by atomic mass is 9.99. The monoisotopic (exact) mass is 892 g/mol. The van der Waals surface area contributed by atoms with E-state index in [1.165, 1.54) is 186 Å². The van der Waals surface area contributed by atoms with Crippen molar-refractivity contribution in [2.45, 2.75) is 288 Å². The Kier molecular flexibility index (Phi) is 41.7. The van der Waals surface area contributed by atoms with E-state index in [0.717, 1.165) is 38.5 Å². The Bertz CT molecular complexity index is 1080. The van der Waals surface area contributed by atoms with E-state index in [1.807, 2.05) is 6.08 Å². The Hall–Kier alpha value is -1.59. The Morgan fingerprint density at radius 2 is 0.905 bits per heavy atom. The van der Waals surface area contributed by atoms with Gasteiger partial charge in [-0.3, -0.25) is 4.79 Å². The van der Waals surface area contributed by atoms with E-state index < -0.39 is 49.5 Å². The van der Waals surface area contributed by atoms with Gasteiger partial charge in [0.1, 0.15) is 24.4 Å². The molecule has 0 aromatic heterocycles. The summed E-state index contributed by atoms with van der Waals surface area (Å²) in [6, 6.07) is -0.821. The van der Waals surface area contributed by atoms with Crippen LogP contribution in [0.15, 0.2) is 36.5 Å². The van der Waals surface area contributed by atoms with E-state index in [1.54, 1.807) is 6.08 Å². The van der Waals surface area contributed by atoms with E-state index in [0.29, 0.717) is 6.42 Å². The number of allylic oxidation sites excluding steroid dienone is 5. The van der Waals surface area contributed by atoms with Crippen molar-refractivity contribution >= 4 is 5.91 Å². The molecule has 1 heterocycles. The predicted molar refractivity (Wildman–Crippen MR) is 263 cm³/mol. The van der Waals surface area contributed by atoms with Crippen LogP contribution in [-0.2, 0) is 14.3 Å². The zero-order chi connectivity index (χ0) is 45.9.